The highest BCUT2D eigenvalue weighted by Crippen LogP contribution is 2.31. The first-order valence-corrected chi connectivity index (χ1v) is 8.44. The maximum Gasteiger partial charge on any atom is 0.115 e. The van der Waals surface area contributed by atoms with E-state index in [9.17, 15) is 5.11 Å². The van der Waals surface area contributed by atoms with Crippen LogP contribution < -0.4 is 0 Å². The minimum atomic E-state index is 0.291. The van der Waals surface area contributed by atoms with Crippen molar-refractivity contribution in [2.24, 2.45) is 0 Å². The van der Waals surface area contributed by atoms with Gasteiger partial charge in [0.05, 0.1) is 5.69 Å². The number of nitrogens with zero attached hydrogens (tertiary/aromatic N) is 1. The zero-order chi connectivity index (χ0) is 16.9. The molecular formula is C22H23NO. The van der Waals surface area contributed by atoms with E-state index in [0.29, 0.717) is 5.75 Å². The molecule has 0 aliphatic rings. The summed E-state index contributed by atoms with van der Waals surface area (Å²) in [5, 5.41) is 9.62. The molecule has 2 aromatic carbocycles. The molecule has 1 heterocycles. The molecule has 0 saturated heterocycles. The lowest BCUT2D eigenvalue weighted by molar-refractivity contribution is 0.475. The maximum absolute atomic E-state index is 9.62. The molecule has 1 aromatic heterocycles. The van der Waals surface area contributed by atoms with E-state index >= 15 is 0 Å². The molecule has 0 unspecified atom stereocenters. The van der Waals surface area contributed by atoms with E-state index in [2.05, 4.69) is 60.9 Å². The van der Waals surface area contributed by atoms with Crippen molar-refractivity contribution >= 4 is 0 Å². The summed E-state index contributed by atoms with van der Waals surface area (Å²) in [6, 6.07) is 20.2. The number of hydrogen-bond donors (Lipinski definition) is 1. The third-order valence-corrected chi connectivity index (χ3v) is 4.28. The fourth-order valence-corrected chi connectivity index (χ4v) is 3.13. The predicted molar refractivity (Wildman–Crippen MR) is 101 cm³/mol. The van der Waals surface area contributed by atoms with Gasteiger partial charge >= 0.3 is 0 Å². The van der Waals surface area contributed by atoms with Gasteiger partial charge in [-0.05, 0) is 61.2 Å². The van der Waals surface area contributed by atoms with Gasteiger partial charge in [0, 0.05) is 11.4 Å². The summed E-state index contributed by atoms with van der Waals surface area (Å²) in [6.45, 7) is 4.25. The van der Waals surface area contributed by atoms with Gasteiger partial charge in [0.15, 0.2) is 0 Å². The Bertz CT molecular complexity index is 826. The summed E-state index contributed by atoms with van der Waals surface area (Å²) in [4.78, 5) is 0. The molecule has 0 atom stereocenters. The molecule has 24 heavy (non-hydrogen) atoms. The molecule has 0 fully saturated rings. The van der Waals surface area contributed by atoms with Crippen molar-refractivity contribution in [1.29, 1.82) is 0 Å². The zero-order valence-electron chi connectivity index (χ0n) is 14.2. The molecule has 2 heteroatoms. The first kappa shape index (κ1) is 16.1. The van der Waals surface area contributed by atoms with Gasteiger partial charge in [-0.25, -0.2) is 0 Å². The molecule has 0 aliphatic carbocycles. The normalized spacial score (nSPS) is 11.2. The summed E-state index contributed by atoms with van der Waals surface area (Å²) in [6.07, 6.45) is 6.19. The van der Waals surface area contributed by atoms with Crippen LogP contribution in [-0.4, -0.2) is 9.67 Å². The molecule has 3 rings (SSSR count). The highest BCUT2D eigenvalue weighted by Gasteiger charge is 2.15. The van der Waals surface area contributed by atoms with Crippen LogP contribution in [0.1, 0.15) is 25.1 Å². The SMILES string of the molecule is C/C=C\Cc1cc(-c2ccccc2)n(-c2ccc(O)cc2)c1CC. The Hall–Kier alpha value is -2.74. The van der Waals surface area contributed by atoms with Gasteiger partial charge in [-0.3, -0.25) is 0 Å². The molecule has 0 saturated carbocycles. The third-order valence-electron chi connectivity index (χ3n) is 4.28. The smallest absolute Gasteiger partial charge is 0.115 e. The molecular weight excluding hydrogens is 294 g/mol. The fourth-order valence-electron chi connectivity index (χ4n) is 3.13. The maximum atomic E-state index is 9.62. The van der Waals surface area contributed by atoms with E-state index in [4.69, 9.17) is 0 Å². The molecule has 122 valence electrons. The minimum absolute atomic E-state index is 0.291. The number of rotatable bonds is 5. The molecule has 0 aliphatic heterocycles. The number of allylic oxidation sites excluding steroid dienone is 2. The average Bonchev–Trinajstić information content (AvgIpc) is 3.00. The first-order valence-electron chi connectivity index (χ1n) is 8.44. The largest absolute Gasteiger partial charge is 0.508 e. The quantitative estimate of drug-likeness (QED) is 0.615. The lowest BCUT2D eigenvalue weighted by Crippen LogP contribution is -2.02. The van der Waals surface area contributed by atoms with Crippen LogP contribution in [0.15, 0.2) is 72.8 Å². The lowest BCUT2D eigenvalue weighted by Gasteiger charge is -2.14. The second-order valence-electron chi connectivity index (χ2n) is 5.85. The van der Waals surface area contributed by atoms with Crippen LogP contribution >= 0.6 is 0 Å². The molecule has 1 N–H and O–H groups in total. The van der Waals surface area contributed by atoms with E-state index in [0.717, 1.165) is 18.5 Å². The van der Waals surface area contributed by atoms with Crippen LogP contribution in [0, 0.1) is 0 Å². The van der Waals surface area contributed by atoms with Gasteiger partial charge in [-0.1, -0.05) is 49.4 Å². The van der Waals surface area contributed by atoms with Crippen molar-refractivity contribution in [2.45, 2.75) is 26.7 Å². The standard InChI is InChI=1S/C22H23NO/c1-3-5-9-18-16-22(17-10-7-6-8-11-17)23(21(18)4-2)19-12-14-20(24)15-13-19/h3,5-8,10-16,24H,4,9H2,1-2H3/b5-3-. The van der Waals surface area contributed by atoms with Gasteiger partial charge in [0.1, 0.15) is 5.75 Å². The Morgan fingerprint density at radius 1 is 1.00 bits per heavy atom. The van der Waals surface area contributed by atoms with Gasteiger partial charge in [0.25, 0.3) is 0 Å². The lowest BCUT2D eigenvalue weighted by atomic mass is 10.1. The highest BCUT2D eigenvalue weighted by atomic mass is 16.3. The number of benzene rings is 2. The van der Waals surface area contributed by atoms with Crippen molar-refractivity contribution in [3.8, 4) is 22.7 Å². The van der Waals surface area contributed by atoms with E-state index < -0.39 is 0 Å². The van der Waals surface area contributed by atoms with Gasteiger partial charge in [-0.2, -0.15) is 0 Å². The Balaban J connectivity index is 2.23. The van der Waals surface area contributed by atoms with Gasteiger partial charge < -0.3 is 9.67 Å². The molecule has 3 aromatic rings. The van der Waals surface area contributed by atoms with E-state index in [-0.39, 0.29) is 0 Å². The Labute approximate surface area is 143 Å². The number of aromatic hydroxyl groups is 1. The summed E-state index contributed by atoms with van der Waals surface area (Å²) in [5.74, 6) is 0.291. The second-order valence-corrected chi connectivity index (χ2v) is 5.85. The van der Waals surface area contributed by atoms with Crippen LogP contribution in [0.25, 0.3) is 16.9 Å². The number of hydrogen-bond acceptors (Lipinski definition) is 1. The zero-order valence-corrected chi connectivity index (χ0v) is 14.2. The monoisotopic (exact) mass is 317 g/mol. The molecule has 0 radical (unpaired) electrons. The number of phenols is 1. The second kappa shape index (κ2) is 7.22. The van der Waals surface area contributed by atoms with Gasteiger partial charge in [-0.15, -0.1) is 0 Å². The number of phenolic OH excluding ortho intramolecular Hbond substituents is 1. The third kappa shape index (κ3) is 3.13. The highest BCUT2D eigenvalue weighted by molar-refractivity contribution is 5.66. The Morgan fingerprint density at radius 2 is 1.71 bits per heavy atom. The van der Waals surface area contributed by atoms with E-state index in [1.807, 2.05) is 18.2 Å². The van der Waals surface area contributed by atoms with Crippen molar-refractivity contribution in [3.05, 3.63) is 84.1 Å². The van der Waals surface area contributed by atoms with Crippen molar-refractivity contribution in [2.75, 3.05) is 0 Å². The number of aromatic nitrogens is 1. The fraction of sp³-hybridized carbons (Fsp3) is 0.182. The summed E-state index contributed by atoms with van der Waals surface area (Å²) >= 11 is 0. The van der Waals surface area contributed by atoms with Crippen molar-refractivity contribution < 1.29 is 5.11 Å². The van der Waals surface area contributed by atoms with Crippen LogP contribution in [0.4, 0.5) is 0 Å². The topological polar surface area (TPSA) is 25.2 Å². The summed E-state index contributed by atoms with van der Waals surface area (Å²) < 4.78 is 2.31. The molecule has 0 spiro atoms. The Kier molecular flexibility index (Phi) is 4.85. The Morgan fingerprint density at radius 3 is 2.33 bits per heavy atom. The van der Waals surface area contributed by atoms with E-state index in [1.165, 1.54) is 22.5 Å². The van der Waals surface area contributed by atoms with Crippen molar-refractivity contribution in [3.63, 3.8) is 0 Å². The van der Waals surface area contributed by atoms with Crippen LogP contribution in [0.2, 0.25) is 0 Å². The molecule has 0 bridgehead atoms. The summed E-state index contributed by atoms with van der Waals surface area (Å²) in [5.41, 5.74) is 6.14. The molecule has 0 amide bonds. The van der Waals surface area contributed by atoms with Crippen molar-refractivity contribution in [1.82, 2.24) is 4.57 Å². The van der Waals surface area contributed by atoms with E-state index in [1.54, 1.807) is 12.1 Å². The van der Waals surface area contributed by atoms with Crippen LogP contribution in [0.3, 0.4) is 0 Å². The first-order chi connectivity index (χ1) is 11.7. The average molecular weight is 317 g/mol. The predicted octanol–water partition coefficient (Wildman–Crippen LogP) is 5.53. The molecule has 2 nitrogen and oxygen atoms in total. The minimum Gasteiger partial charge on any atom is -0.508 e. The summed E-state index contributed by atoms with van der Waals surface area (Å²) in [7, 11) is 0. The van der Waals surface area contributed by atoms with Crippen LogP contribution in [-0.2, 0) is 12.8 Å². The van der Waals surface area contributed by atoms with Gasteiger partial charge in [0.2, 0.25) is 0 Å². The van der Waals surface area contributed by atoms with Crippen LogP contribution in [0.5, 0.6) is 5.75 Å².